The maximum Gasteiger partial charge on any atom is 0.0623 e. The summed E-state index contributed by atoms with van der Waals surface area (Å²) < 4.78 is 0. The zero-order valence-corrected chi connectivity index (χ0v) is 17.3. The molecule has 1 aliphatic rings. The Bertz CT molecular complexity index is 790. The number of aryl methyl sites for hydroxylation is 2. The van der Waals surface area contributed by atoms with Gasteiger partial charge in [0.1, 0.15) is 0 Å². The highest BCUT2D eigenvalue weighted by Crippen LogP contribution is 2.43. The third kappa shape index (κ3) is 3.63. The monoisotopic (exact) mass is 347 g/mol. The van der Waals surface area contributed by atoms with E-state index in [0.717, 1.165) is 19.3 Å². The summed E-state index contributed by atoms with van der Waals surface area (Å²) >= 11 is 0. The second-order valence-corrected chi connectivity index (χ2v) is 8.76. The Morgan fingerprint density at radius 1 is 0.962 bits per heavy atom. The van der Waals surface area contributed by atoms with E-state index in [9.17, 15) is 0 Å². The quantitative estimate of drug-likeness (QED) is 0.597. The molecule has 2 aromatic carbocycles. The van der Waals surface area contributed by atoms with E-state index in [2.05, 4.69) is 84.0 Å². The van der Waals surface area contributed by atoms with Gasteiger partial charge in [-0.2, -0.15) is 0 Å². The highest BCUT2D eigenvalue weighted by molar-refractivity contribution is 6.02. The minimum Gasteiger partial charge on any atom is -0.285 e. The molecule has 0 radical (unpaired) electrons. The molecule has 2 atom stereocenters. The lowest BCUT2D eigenvalue weighted by Gasteiger charge is -2.32. The standard InChI is InChI=1S/C25H33N/c1-7-18-10-9-11-21(20(18)8-2)22-16-23(26-24(22)25(4,5)6)19-14-12-17(3)13-15-19/h9-15,22,24H,7-8,16H2,1-6H3. The number of rotatable bonds is 4. The van der Waals surface area contributed by atoms with Gasteiger partial charge >= 0.3 is 0 Å². The summed E-state index contributed by atoms with van der Waals surface area (Å²) in [5, 5.41) is 0. The van der Waals surface area contributed by atoms with Crippen LogP contribution in [0.2, 0.25) is 0 Å². The van der Waals surface area contributed by atoms with Crippen molar-refractivity contribution in [3.05, 3.63) is 70.3 Å². The molecule has 0 bridgehead atoms. The van der Waals surface area contributed by atoms with Crippen LogP contribution in [0.1, 0.15) is 74.8 Å². The van der Waals surface area contributed by atoms with Gasteiger partial charge in [-0.3, -0.25) is 4.99 Å². The average molecular weight is 348 g/mol. The van der Waals surface area contributed by atoms with Crippen LogP contribution >= 0.6 is 0 Å². The number of hydrogen-bond acceptors (Lipinski definition) is 1. The topological polar surface area (TPSA) is 12.4 Å². The van der Waals surface area contributed by atoms with Crippen molar-refractivity contribution >= 4 is 5.71 Å². The van der Waals surface area contributed by atoms with Crippen molar-refractivity contribution in [3.8, 4) is 0 Å². The van der Waals surface area contributed by atoms with Crippen molar-refractivity contribution in [1.82, 2.24) is 0 Å². The van der Waals surface area contributed by atoms with Gasteiger partial charge in [0, 0.05) is 11.6 Å². The lowest BCUT2D eigenvalue weighted by Crippen LogP contribution is -2.28. The normalized spacial score (nSPS) is 20.3. The number of nitrogens with zero attached hydrogens (tertiary/aromatic N) is 1. The van der Waals surface area contributed by atoms with Crippen molar-refractivity contribution in [2.45, 2.75) is 72.8 Å². The Hall–Kier alpha value is -1.89. The highest BCUT2D eigenvalue weighted by atomic mass is 14.9. The molecular formula is C25H33N. The van der Waals surface area contributed by atoms with Crippen molar-refractivity contribution in [2.24, 2.45) is 10.4 Å². The lowest BCUT2D eigenvalue weighted by molar-refractivity contribution is 0.296. The number of hydrogen-bond donors (Lipinski definition) is 0. The second kappa shape index (κ2) is 7.39. The Kier molecular flexibility index (Phi) is 5.37. The van der Waals surface area contributed by atoms with Gasteiger partial charge in [0.25, 0.3) is 0 Å². The third-order valence-electron chi connectivity index (χ3n) is 5.80. The smallest absolute Gasteiger partial charge is 0.0623 e. The van der Waals surface area contributed by atoms with E-state index in [-0.39, 0.29) is 5.41 Å². The fourth-order valence-corrected chi connectivity index (χ4v) is 4.41. The summed E-state index contributed by atoms with van der Waals surface area (Å²) in [7, 11) is 0. The molecule has 0 spiro atoms. The predicted molar refractivity (Wildman–Crippen MR) is 114 cm³/mol. The van der Waals surface area contributed by atoms with Crippen molar-refractivity contribution in [1.29, 1.82) is 0 Å². The molecule has 1 heterocycles. The fraction of sp³-hybridized carbons (Fsp3) is 0.480. The molecule has 1 aliphatic heterocycles. The summed E-state index contributed by atoms with van der Waals surface area (Å²) in [4.78, 5) is 5.26. The molecule has 26 heavy (non-hydrogen) atoms. The molecule has 3 rings (SSSR count). The Labute approximate surface area is 159 Å². The van der Waals surface area contributed by atoms with Gasteiger partial charge in [-0.1, -0.05) is 82.6 Å². The molecule has 2 unspecified atom stereocenters. The van der Waals surface area contributed by atoms with Crippen LogP contribution in [0.4, 0.5) is 0 Å². The zero-order valence-electron chi connectivity index (χ0n) is 17.3. The number of aliphatic imine (C=N–C) groups is 1. The average Bonchev–Trinajstić information content (AvgIpc) is 3.07. The third-order valence-corrected chi connectivity index (χ3v) is 5.80. The van der Waals surface area contributed by atoms with Crippen LogP contribution in [0.15, 0.2) is 47.5 Å². The molecule has 0 fully saturated rings. The summed E-state index contributed by atoms with van der Waals surface area (Å²) in [5.74, 6) is 0.479. The van der Waals surface area contributed by atoms with Crippen molar-refractivity contribution in [3.63, 3.8) is 0 Å². The molecule has 0 aromatic heterocycles. The van der Waals surface area contributed by atoms with Crippen LogP contribution < -0.4 is 0 Å². The molecule has 0 saturated heterocycles. The van der Waals surface area contributed by atoms with Crippen LogP contribution in [-0.2, 0) is 12.8 Å². The molecule has 0 amide bonds. The van der Waals surface area contributed by atoms with E-state index in [1.807, 2.05) is 0 Å². The van der Waals surface area contributed by atoms with Gasteiger partial charge in [0.2, 0.25) is 0 Å². The summed E-state index contributed by atoms with van der Waals surface area (Å²) in [6.45, 7) is 13.7. The molecule has 0 saturated carbocycles. The summed E-state index contributed by atoms with van der Waals surface area (Å²) in [6, 6.07) is 16.1. The van der Waals surface area contributed by atoms with Gasteiger partial charge in [-0.15, -0.1) is 0 Å². The Morgan fingerprint density at radius 3 is 2.23 bits per heavy atom. The summed E-state index contributed by atoms with van der Waals surface area (Å²) in [6.07, 6.45) is 3.26. The largest absolute Gasteiger partial charge is 0.285 e. The molecule has 2 aromatic rings. The fourth-order valence-electron chi connectivity index (χ4n) is 4.41. The Morgan fingerprint density at radius 2 is 1.65 bits per heavy atom. The van der Waals surface area contributed by atoms with Crippen molar-refractivity contribution in [2.75, 3.05) is 0 Å². The zero-order chi connectivity index (χ0) is 18.9. The van der Waals surface area contributed by atoms with E-state index in [1.54, 1.807) is 5.56 Å². The predicted octanol–water partition coefficient (Wildman–Crippen LogP) is 6.51. The molecule has 1 nitrogen and oxygen atoms in total. The second-order valence-electron chi connectivity index (χ2n) is 8.76. The molecule has 138 valence electrons. The van der Waals surface area contributed by atoms with Gasteiger partial charge in [-0.05, 0) is 53.9 Å². The van der Waals surface area contributed by atoms with E-state index < -0.39 is 0 Å². The Balaban J connectivity index is 2.04. The lowest BCUT2D eigenvalue weighted by atomic mass is 9.74. The minimum atomic E-state index is 0.157. The maximum atomic E-state index is 5.26. The highest BCUT2D eigenvalue weighted by Gasteiger charge is 2.39. The first-order valence-electron chi connectivity index (χ1n) is 10.1. The van der Waals surface area contributed by atoms with Crippen LogP contribution in [0.25, 0.3) is 0 Å². The van der Waals surface area contributed by atoms with Crippen LogP contribution in [0.3, 0.4) is 0 Å². The van der Waals surface area contributed by atoms with Gasteiger partial charge in [-0.25, -0.2) is 0 Å². The molecule has 1 heteroatoms. The van der Waals surface area contributed by atoms with Gasteiger partial charge in [0.15, 0.2) is 0 Å². The van der Waals surface area contributed by atoms with Gasteiger partial charge in [0.05, 0.1) is 6.04 Å². The molecule has 0 N–H and O–H groups in total. The van der Waals surface area contributed by atoms with Gasteiger partial charge < -0.3 is 0 Å². The summed E-state index contributed by atoms with van der Waals surface area (Å²) in [5.41, 5.74) is 8.61. The van der Waals surface area contributed by atoms with E-state index in [1.165, 1.54) is 28.0 Å². The number of benzene rings is 2. The maximum absolute atomic E-state index is 5.26. The SMILES string of the molecule is CCc1cccc(C2CC(c3ccc(C)cc3)=NC2C(C)(C)C)c1CC. The first-order chi connectivity index (χ1) is 12.3. The minimum absolute atomic E-state index is 0.157. The first kappa shape index (κ1) is 18.9. The van der Waals surface area contributed by atoms with Crippen molar-refractivity contribution < 1.29 is 0 Å². The van der Waals surface area contributed by atoms with E-state index in [4.69, 9.17) is 4.99 Å². The molecule has 0 aliphatic carbocycles. The van der Waals surface area contributed by atoms with Crippen LogP contribution in [0, 0.1) is 12.3 Å². The van der Waals surface area contributed by atoms with E-state index in [0.29, 0.717) is 12.0 Å². The van der Waals surface area contributed by atoms with Crippen LogP contribution in [-0.4, -0.2) is 11.8 Å². The molecular weight excluding hydrogens is 314 g/mol. The first-order valence-corrected chi connectivity index (χ1v) is 10.1. The van der Waals surface area contributed by atoms with E-state index >= 15 is 0 Å². The van der Waals surface area contributed by atoms with Crippen LogP contribution in [0.5, 0.6) is 0 Å².